The fourth-order valence-corrected chi connectivity index (χ4v) is 3.61. The maximum absolute atomic E-state index is 12.4. The summed E-state index contributed by atoms with van der Waals surface area (Å²) in [5.74, 6) is 1.54. The van der Waals surface area contributed by atoms with E-state index in [1.54, 1.807) is 18.5 Å². The SMILES string of the molecule is O=C(NNN=S)C1CCCN1c1nc2c(c(Nc3ncccn3)n1)CCC2. The van der Waals surface area contributed by atoms with Crippen molar-refractivity contribution in [2.75, 3.05) is 16.8 Å². The maximum Gasteiger partial charge on any atom is 0.262 e. The fraction of sp³-hybridized carbons (Fsp3) is 0.438. The largest absolute Gasteiger partial charge is 0.329 e. The number of anilines is 3. The van der Waals surface area contributed by atoms with Crippen LogP contribution in [0.3, 0.4) is 0 Å². The van der Waals surface area contributed by atoms with Gasteiger partial charge in [-0.15, -0.1) is 0 Å². The Labute approximate surface area is 161 Å². The van der Waals surface area contributed by atoms with Crippen LogP contribution in [-0.2, 0) is 30.1 Å². The summed E-state index contributed by atoms with van der Waals surface area (Å²) in [6.45, 7) is 0.711. The molecule has 1 fully saturated rings. The Balaban J connectivity index is 1.64. The molecule has 3 heterocycles. The molecule has 4 rings (SSSR count). The molecule has 1 atom stereocenters. The van der Waals surface area contributed by atoms with E-state index < -0.39 is 0 Å². The van der Waals surface area contributed by atoms with E-state index in [-0.39, 0.29) is 11.9 Å². The van der Waals surface area contributed by atoms with Crippen LogP contribution in [-0.4, -0.2) is 38.4 Å². The number of nitrogens with one attached hydrogen (secondary N) is 3. The predicted octanol–water partition coefficient (Wildman–Crippen LogP) is 0.734. The highest BCUT2D eigenvalue weighted by Crippen LogP contribution is 2.32. The number of rotatable bonds is 6. The lowest BCUT2D eigenvalue weighted by Crippen LogP contribution is -2.47. The molecular weight excluding hydrogens is 366 g/mol. The molecule has 1 aliphatic carbocycles. The van der Waals surface area contributed by atoms with Gasteiger partial charge in [0.2, 0.25) is 11.9 Å². The molecule has 1 amide bonds. The summed E-state index contributed by atoms with van der Waals surface area (Å²) in [6, 6.07) is 1.40. The zero-order valence-electron chi connectivity index (χ0n) is 14.6. The molecule has 0 radical (unpaired) electrons. The van der Waals surface area contributed by atoms with Crippen LogP contribution in [0, 0.1) is 0 Å². The molecule has 1 saturated heterocycles. The third-order valence-corrected chi connectivity index (χ3v) is 4.85. The lowest BCUT2D eigenvalue weighted by molar-refractivity contribution is -0.123. The summed E-state index contributed by atoms with van der Waals surface area (Å²) in [6.07, 6.45) is 7.80. The number of hydrazine groups is 1. The lowest BCUT2D eigenvalue weighted by atomic mass is 10.2. The minimum absolute atomic E-state index is 0.203. The van der Waals surface area contributed by atoms with E-state index in [2.05, 4.69) is 43.1 Å². The van der Waals surface area contributed by atoms with Crippen LogP contribution in [0.4, 0.5) is 17.7 Å². The Bertz CT molecular complexity index is 847. The molecule has 0 spiro atoms. The van der Waals surface area contributed by atoms with Crippen LogP contribution < -0.4 is 21.2 Å². The maximum atomic E-state index is 12.4. The highest BCUT2D eigenvalue weighted by Gasteiger charge is 2.34. The van der Waals surface area contributed by atoms with Gasteiger partial charge in [-0.3, -0.25) is 10.2 Å². The van der Waals surface area contributed by atoms with E-state index in [0.717, 1.165) is 43.4 Å². The number of hydrogen-bond acceptors (Lipinski definition) is 9. The molecule has 1 aliphatic heterocycles. The average Bonchev–Trinajstić information content (AvgIpc) is 3.36. The molecule has 140 valence electrons. The van der Waals surface area contributed by atoms with Crippen LogP contribution in [0.25, 0.3) is 0 Å². The summed E-state index contributed by atoms with van der Waals surface area (Å²) in [5, 5.41) is 3.20. The second kappa shape index (κ2) is 7.74. The molecule has 2 aromatic heterocycles. The average molecular weight is 385 g/mol. The first-order valence-electron chi connectivity index (χ1n) is 8.84. The quantitative estimate of drug-likeness (QED) is 0.618. The van der Waals surface area contributed by atoms with E-state index in [0.29, 0.717) is 24.3 Å². The van der Waals surface area contributed by atoms with Gasteiger partial charge in [-0.1, -0.05) is 4.47 Å². The molecular formula is C16H19N9OS. The Morgan fingerprint density at radius 2 is 2.07 bits per heavy atom. The standard InChI is InChI=1S/C16H19N9OS/c26-14(22-23-24-27)12-6-2-9-25(12)16-19-11-5-1-4-10(11)13(21-16)20-15-17-7-3-8-18-15/h3,7-8,12H,1-2,4-6,9H2,(H,23,27)(H,22,24,26)(H,17,18,19,20,21). The number of amides is 1. The molecule has 1 unspecified atom stereocenters. The van der Waals surface area contributed by atoms with Gasteiger partial charge in [0.15, 0.2) is 0 Å². The van der Waals surface area contributed by atoms with Gasteiger partial charge in [-0.05, 0) is 38.2 Å². The number of aromatic nitrogens is 4. The molecule has 0 saturated carbocycles. The van der Waals surface area contributed by atoms with Gasteiger partial charge in [0, 0.05) is 24.5 Å². The zero-order chi connectivity index (χ0) is 18.6. The predicted molar refractivity (Wildman–Crippen MR) is 101 cm³/mol. The van der Waals surface area contributed by atoms with Gasteiger partial charge >= 0.3 is 0 Å². The molecule has 2 aromatic rings. The summed E-state index contributed by atoms with van der Waals surface area (Å²) >= 11 is 4.44. The van der Waals surface area contributed by atoms with E-state index in [4.69, 9.17) is 9.97 Å². The molecule has 3 N–H and O–H groups in total. The Morgan fingerprint density at radius 1 is 1.22 bits per heavy atom. The lowest BCUT2D eigenvalue weighted by Gasteiger charge is -2.24. The van der Waals surface area contributed by atoms with Gasteiger partial charge in [0.05, 0.1) is 18.1 Å². The summed E-state index contributed by atoms with van der Waals surface area (Å²) in [5.41, 5.74) is 6.93. The van der Waals surface area contributed by atoms with Crippen LogP contribution in [0.2, 0.25) is 0 Å². The number of hydrogen-bond donors (Lipinski definition) is 3. The minimum atomic E-state index is -0.366. The third-order valence-electron chi connectivity index (χ3n) is 4.75. The third kappa shape index (κ3) is 3.63. The van der Waals surface area contributed by atoms with Crippen LogP contribution in [0.15, 0.2) is 22.9 Å². The number of carbonyl (C=O) groups excluding carboxylic acids is 1. The number of aryl methyl sites for hydroxylation is 1. The van der Waals surface area contributed by atoms with Crippen molar-refractivity contribution in [3.05, 3.63) is 29.7 Å². The van der Waals surface area contributed by atoms with Crippen molar-refractivity contribution in [3.8, 4) is 0 Å². The minimum Gasteiger partial charge on any atom is -0.329 e. The molecule has 2 aliphatic rings. The molecule has 0 bridgehead atoms. The Morgan fingerprint density at radius 3 is 2.89 bits per heavy atom. The van der Waals surface area contributed by atoms with Crippen molar-refractivity contribution in [1.29, 1.82) is 0 Å². The fourth-order valence-electron chi connectivity index (χ4n) is 3.56. The number of fused-ring (bicyclic) bond motifs is 1. The van der Waals surface area contributed by atoms with Crippen molar-refractivity contribution >= 4 is 36.0 Å². The molecule has 11 heteroatoms. The first-order chi connectivity index (χ1) is 13.3. The van der Waals surface area contributed by atoms with Gasteiger partial charge in [0.1, 0.15) is 11.9 Å². The summed E-state index contributed by atoms with van der Waals surface area (Å²) in [7, 11) is 0. The van der Waals surface area contributed by atoms with E-state index in [1.807, 2.05) is 4.90 Å². The van der Waals surface area contributed by atoms with Crippen molar-refractivity contribution in [3.63, 3.8) is 0 Å². The van der Waals surface area contributed by atoms with E-state index in [1.165, 1.54) is 0 Å². The molecule has 10 nitrogen and oxygen atoms in total. The first kappa shape index (κ1) is 17.5. The molecule has 0 aromatic carbocycles. The Hall–Kier alpha value is -2.95. The van der Waals surface area contributed by atoms with Crippen LogP contribution >= 0.6 is 0 Å². The van der Waals surface area contributed by atoms with E-state index >= 15 is 0 Å². The highest BCUT2D eigenvalue weighted by molar-refractivity contribution is 7.47. The van der Waals surface area contributed by atoms with Gasteiger partial charge in [0.25, 0.3) is 5.91 Å². The van der Waals surface area contributed by atoms with Crippen molar-refractivity contribution in [2.24, 2.45) is 4.47 Å². The normalized spacial score (nSPS) is 18.1. The first-order valence-corrected chi connectivity index (χ1v) is 9.20. The summed E-state index contributed by atoms with van der Waals surface area (Å²) < 4.78 is 3.28. The van der Waals surface area contributed by atoms with Gasteiger partial charge in [-0.25, -0.2) is 20.5 Å². The molecule has 27 heavy (non-hydrogen) atoms. The second-order valence-electron chi connectivity index (χ2n) is 6.39. The topological polar surface area (TPSA) is 120 Å². The second-order valence-corrected chi connectivity index (χ2v) is 6.57. The number of nitrogens with zero attached hydrogens (tertiary/aromatic N) is 6. The van der Waals surface area contributed by atoms with Crippen LogP contribution in [0.1, 0.15) is 30.5 Å². The van der Waals surface area contributed by atoms with Gasteiger partial charge in [-0.2, -0.15) is 4.98 Å². The number of carbonyl (C=O) groups is 1. The zero-order valence-corrected chi connectivity index (χ0v) is 15.4. The van der Waals surface area contributed by atoms with Gasteiger partial charge < -0.3 is 10.2 Å². The van der Waals surface area contributed by atoms with Crippen LogP contribution in [0.5, 0.6) is 0 Å². The smallest absolute Gasteiger partial charge is 0.262 e. The Kier molecular flexibility index (Phi) is 5.01. The van der Waals surface area contributed by atoms with Crippen molar-refractivity contribution in [2.45, 2.75) is 38.1 Å². The summed E-state index contributed by atoms with van der Waals surface area (Å²) in [4.78, 5) is 32.2. The van der Waals surface area contributed by atoms with E-state index in [9.17, 15) is 4.79 Å². The highest BCUT2D eigenvalue weighted by atomic mass is 32.1. The monoisotopic (exact) mass is 385 g/mol. The van der Waals surface area contributed by atoms with Crippen molar-refractivity contribution < 1.29 is 4.79 Å². The van der Waals surface area contributed by atoms with Crippen molar-refractivity contribution in [1.82, 2.24) is 30.9 Å².